The first-order valence-corrected chi connectivity index (χ1v) is 16.5. The fraction of sp³-hybridized carbons (Fsp3) is 0. The first-order chi connectivity index (χ1) is 24.2. The molecular formula is C46H32N2O. The maximum atomic E-state index is 6.53. The van der Waals surface area contributed by atoms with Crippen LogP contribution in [0.5, 0.6) is 0 Å². The Bertz CT molecular complexity index is 2580. The van der Waals surface area contributed by atoms with Crippen LogP contribution in [0.4, 0.5) is 17.1 Å². The first-order valence-electron chi connectivity index (χ1n) is 16.5. The van der Waals surface area contributed by atoms with Gasteiger partial charge in [0.05, 0.1) is 5.52 Å². The molecule has 0 amide bonds. The van der Waals surface area contributed by atoms with Crippen LogP contribution < -0.4 is 4.90 Å². The van der Waals surface area contributed by atoms with Crippen molar-refractivity contribution in [1.29, 1.82) is 0 Å². The lowest BCUT2D eigenvalue weighted by Crippen LogP contribution is -2.09. The molecule has 2 aromatic heterocycles. The highest BCUT2D eigenvalue weighted by atomic mass is 16.3. The maximum Gasteiger partial charge on any atom is 0.161 e. The van der Waals surface area contributed by atoms with Crippen LogP contribution in [-0.4, -0.2) is 4.57 Å². The average molecular weight is 629 g/mol. The minimum Gasteiger partial charge on any atom is -0.454 e. The van der Waals surface area contributed by atoms with Crippen LogP contribution in [0, 0.1) is 0 Å². The van der Waals surface area contributed by atoms with Gasteiger partial charge in [0.2, 0.25) is 0 Å². The van der Waals surface area contributed by atoms with Gasteiger partial charge >= 0.3 is 0 Å². The van der Waals surface area contributed by atoms with E-state index < -0.39 is 0 Å². The van der Waals surface area contributed by atoms with Crippen LogP contribution in [0.25, 0.3) is 67.0 Å². The Hall–Kier alpha value is -6.58. The van der Waals surface area contributed by atoms with E-state index in [0.717, 1.165) is 72.4 Å². The molecule has 0 unspecified atom stereocenters. The largest absolute Gasteiger partial charge is 0.454 e. The van der Waals surface area contributed by atoms with Gasteiger partial charge in [-0.05, 0) is 101 Å². The Kier molecular flexibility index (Phi) is 6.95. The van der Waals surface area contributed by atoms with E-state index in [1.165, 1.54) is 11.1 Å². The number of fused-ring (bicyclic) bond motifs is 5. The number of furan rings is 1. The van der Waals surface area contributed by atoms with Crippen molar-refractivity contribution in [3.8, 4) is 27.9 Å². The maximum absolute atomic E-state index is 6.53. The molecule has 3 heteroatoms. The molecule has 3 nitrogen and oxygen atoms in total. The number of para-hydroxylation sites is 2. The number of aromatic nitrogens is 1. The van der Waals surface area contributed by atoms with Crippen LogP contribution in [0.1, 0.15) is 5.56 Å². The Labute approximate surface area is 285 Å². The molecule has 2 heterocycles. The molecule has 0 saturated heterocycles. The van der Waals surface area contributed by atoms with Gasteiger partial charge < -0.3 is 13.9 Å². The fourth-order valence-electron chi connectivity index (χ4n) is 6.94. The quantitative estimate of drug-likeness (QED) is 0.175. The summed E-state index contributed by atoms with van der Waals surface area (Å²) in [4.78, 5) is 2.30. The molecule has 0 spiro atoms. The summed E-state index contributed by atoms with van der Waals surface area (Å²) < 4.78 is 8.85. The number of rotatable bonds is 7. The molecule has 0 aliphatic rings. The molecule has 0 fully saturated rings. The molecule has 232 valence electrons. The van der Waals surface area contributed by atoms with Gasteiger partial charge in [-0.25, -0.2) is 0 Å². The third kappa shape index (κ3) is 5.00. The van der Waals surface area contributed by atoms with Crippen molar-refractivity contribution in [2.24, 2.45) is 0 Å². The smallest absolute Gasteiger partial charge is 0.161 e. The highest BCUT2D eigenvalue weighted by Crippen LogP contribution is 2.41. The standard InChI is InChI=1S/C46H32N2O/c1-2-32-17-24-38(25-18-32)47(39-26-19-34(20-27-39)33-11-5-3-6-12-33)40-28-21-35(22-29-40)36-23-30-43-42(31-36)46-45(41-15-9-10-16-44(41)49-46)48(43)37-13-7-4-8-14-37/h2-31H,1H2. The second kappa shape index (κ2) is 11.9. The molecular weight excluding hydrogens is 597 g/mol. The van der Waals surface area contributed by atoms with Crippen molar-refractivity contribution >= 4 is 56.1 Å². The van der Waals surface area contributed by atoms with Crippen molar-refractivity contribution in [3.05, 3.63) is 188 Å². The number of benzene rings is 7. The summed E-state index contributed by atoms with van der Waals surface area (Å²) >= 11 is 0. The lowest BCUT2D eigenvalue weighted by atomic mass is 10.0. The zero-order valence-electron chi connectivity index (χ0n) is 26.8. The molecule has 0 aliphatic heterocycles. The van der Waals surface area contributed by atoms with E-state index in [4.69, 9.17) is 4.42 Å². The zero-order chi connectivity index (χ0) is 32.7. The van der Waals surface area contributed by atoms with Crippen LogP contribution in [0.3, 0.4) is 0 Å². The van der Waals surface area contributed by atoms with E-state index in [2.05, 4.69) is 180 Å². The SMILES string of the molecule is C=Cc1ccc(N(c2ccc(-c3ccccc3)cc2)c2ccc(-c3ccc4c(c3)c3oc5ccccc5c3n4-c3ccccc3)cc2)cc1. The second-order valence-electron chi connectivity index (χ2n) is 12.3. The minimum atomic E-state index is 0.895. The predicted octanol–water partition coefficient (Wildman–Crippen LogP) is 13.0. The molecule has 0 radical (unpaired) electrons. The average Bonchev–Trinajstić information content (AvgIpc) is 3.71. The number of anilines is 3. The Balaban J connectivity index is 1.13. The van der Waals surface area contributed by atoms with Crippen LogP contribution in [0.2, 0.25) is 0 Å². The molecule has 0 aliphatic carbocycles. The number of hydrogen-bond donors (Lipinski definition) is 0. The highest BCUT2D eigenvalue weighted by Gasteiger charge is 2.20. The summed E-state index contributed by atoms with van der Waals surface area (Å²) in [6.07, 6.45) is 1.88. The molecule has 0 bridgehead atoms. The monoisotopic (exact) mass is 628 g/mol. The van der Waals surface area contributed by atoms with Crippen molar-refractivity contribution in [1.82, 2.24) is 4.57 Å². The Morgan fingerprint density at radius 3 is 1.67 bits per heavy atom. The van der Waals surface area contributed by atoms with Gasteiger partial charge in [0.25, 0.3) is 0 Å². The van der Waals surface area contributed by atoms with Crippen molar-refractivity contribution in [2.45, 2.75) is 0 Å². The van der Waals surface area contributed by atoms with Gasteiger partial charge in [-0.1, -0.05) is 116 Å². The third-order valence-electron chi connectivity index (χ3n) is 9.37. The topological polar surface area (TPSA) is 21.3 Å². The summed E-state index contributed by atoms with van der Waals surface area (Å²) in [7, 11) is 0. The van der Waals surface area contributed by atoms with Gasteiger partial charge in [-0.15, -0.1) is 0 Å². The van der Waals surface area contributed by atoms with E-state index in [1.807, 2.05) is 18.2 Å². The van der Waals surface area contributed by atoms with Crippen LogP contribution >= 0.6 is 0 Å². The molecule has 0 saturated carbocycles. The van der Waals surface area contributed by atoms with Crippen LogP contribution in [-0.2, 0) is 0 Å². The predicted molar refractivity (Wildman–Crippen MR) is 206 cm³/mol. The second-order valence-corrected chi connectivity index (χ2v) is 12.3. The molecule has 9 aromatic rings. The Morgan fingerprint density at radius 2 is 1.02 bits per heavy atom. The van der Waals surface area contributed by atoms with E-state index in [-0.39, 0.29) is 0 Å². The summed E-state index contributed by atoms with van der Waals surface area (Å²) in [6.45, 7) is 3.94. The van der Waals surface area contributed by atoms with E-state index >= 15 is 0 Å². The van der Waals surface area contributed by atoms with Crippen LogP contribution in [0.15, 0.2) is 187 Å². The van der Waals surface area contributed by atoms with Gasteiger partial charge in [0, 0.05) is 33.5 Å². The fourth-order valence-corrected chi connectivity index (χ4v) is 6.94. The Morgan fingerprint density at radius 1 is 0.490 bits per heavy atom. The van der Waals surface area contributed by atoms with Gasteiger partial charge in [0.15, 0.2) is 5.58 Å². The molecule has 9 rings (SSSR count). The van der Waals surface area contributed by atoms with E-state index in [1.54, 1.807) is 0 Å². The summed E-state index contributed by atoms with van der Waals surface area (Å²) in [5.74, 6) is 0. The minimum absolute atomic E-state index is 0.895. The molecule has 7 aromatic carbocycles. The van der Waals surface area contributed by atoms with E-state index in [9.17, 15) is 0 Å². The van der Waals surface area contributed by atoms with Gasteiger partial charge in [-0.3, -0.25) is 0 Å². The third-order valence-corrected chi connectivity index (χ3v) is 9.37. The zero-order valence-corrected chi connectivity index (χ0v) is 26.8. The van der Waals surface area contributed by atoms with Gasteiger partial charge in [-0.2, -0.15) is 0 Å². The number of hydrogen-bond acceptors (Lipinski definition) is 2. The number of nitrogens with zero attached hydrogens (tertiary/aromatic N) is 2. The van der Waals surface area contributed by atoms with Gasteiger partial charge in [0.1, 0.15) is 11.1 Å². The van der Waals surface area contributed by atoms with Crippen molar-refractivity contribution in [3.63, 3.8) is 0 Å². The lowest BCUT2D eigenvalue weighted by molar-refractivity contribution is 0.673. The molecule has 49 heavy (non-hydrogen) atoms. The summed E-state index contributed by atoms with van der Waals surface area (Å²) in [5.41, 5.74) is 14.2. The van der Waals surface area contributed by atoms with Crippen molar-refractivity contribution in [2.75, 3.05) is 4.90 Å². The first kappa shape index (κ1) is 28.6. The molecule has 0 atom stereocenters. The van der Waals surface area contributed by atoms with Crippen molar-refractivity contribution < 1.29 is 4.42 Å². The van der Waals surface area contributed by atoms with E-state index in [0.29, 0.717) is 0 Å². The molecule has 0 N–H and O–H groups in total. The summed E-state index contributed by atoms with van der Waals surface area (Å²) in [5, 5.41) is 2.21. The normalized spacial score (nSPS) is 11.3. The lowest BCUT2D eigenvalue weighted by Gasteiger charge is -2.26. The summed E-state index contributed by atoms with van der Waals surface area (Å²) in [6, 6.07) is 62.2. The highest BCUT2D eigenvalue weighted by molar-refractivity contribution is 6.17.